The Hall–Kier alpha value is -1.36. The highest BCUT2D eigenvalue weighted by Crippen LogP contribution is 2.22. The van der Waals surface area contributed by atoms with Crippen molar-refractivity contribution in [2.24, 2.45) is 0 Å². The van der Waals surface area contributed by atoms with Gasteiger partial charge in [0.15, 0.2) is 11.6 Å². The lowest BCUT2D eigenvalue weighted by Crippen LogP contribution is -2.14. The van der Waals surface area contributed by atoms with E-state index in [1.54, 1.807) is 0 Å². The number of nitrogens with one attached hydrogen (secondary N) is 1. The molecule has 0 spiro atoms. The second-order valence-corrected chi connectivity index (χ2v) is 3.78. The Morgan fingerprint density at radius 3 is 2.76 bits per heavy atom. The van der Waals surface area contributed by atoms with Crippen LogP contribution >= 0.6 is 11.6 Å². The van der Waals surface area contributed by atoms with Crippen LogP contribution in [0.5, 0.6) is 0 Å². The number of anilines is 1. The molecule has 0 heterocycles. The van der Waals surface area contributed by atoms with Crippen LogP contribution in [0.25, 0.3) is 0 Å². The lowest BCUT2D eigenvalue weighted by molar-refractivity contribution is 0.160. The van der Waals surface area contributed by atoms with Crippen LogP contribution in [-0.4, -0.2) is 12.7 Å². The van der Waals surface area contributed by atoms with Gasteiger partial charge in [-0.25, -0.2) is 13.6 Å². The second-order valence-electron chi connectivity index (χ2n) is 3.37. The first-order chi connectivity index (χ1) is 8.04. The van der Waals surface area contributed by atoms with Gasteiger partial charge >= 0.3 is 6.09 Å². The number of carbonyl (C=O) groups is 1. The molecule has 1 rings (SSSR count). The third kappa shape index (κ3) is 4.19. The summed E-state index contributed by atoms with van der Waals surface area (Å²) in [7, 11) is 0. The van der Waals surface area contributed by atoms with Crippen LogP contribution in [0.3, 0.4) is 0 Å². The van der Waals surface area contributed by atoms with E-state index in [0.29, 0.717) is 0 Å². The van der Waals surface area contributed by atoms with Crippen molar-refractivity contribution in [3.05, 3.63) is 28.8 Å². The molecule has 0 aliphatic heterocycles. The molecule has 0 aliphatic carbocycles. The van der Waals surface area contributed by atoms with Crippen molar-refractivity contribution in [2.45, 2.75) is 19.8 Å². The van der Waals surface area contributed by atoms with Gasteiger partial charge in [0, 0.05) is 11.8 Å². The van der Waals surface area contributed by atoms with E-state index in [-0.39, 0.29) is 12.3 Å². The highest BCUT2D eigenvalue weighted by molar-refractivity contribution is 6.31. The van der Waals surface area contributed by atoms with Crippen LogP contribution in [0.1, 0.15) is 19.8 Å². The number of amides is 1. The average molecular weight is 264 g/mol. The Labute approximate surface area is 103 Å². The van der Waals surface area contributed by atoms with E-state index in [0.717, 1.165) is 25.0 Å². The SMILES string of the molecule is CCCCOC(=O)Nc1cc(F)c(F)c(Cl)c1. The molecule has 1 amide bonds. The van der Waals surface area contributed by atoms with E-state index in [1.165, 1.54) is 0 Å². The molecule has 6 heteroatoms. The van der Waals surface area contributed by atoms with Crippen LogP contribution in [-0.2, 0) is 4.74 Å². The summed E-state index contributed by atoms with van der Waals surface area (Å²) in [5, 5.41) is 1.86. The van der Waals surface area contributed by atoms with Crippen LogP contribution < -0.4 is 5.32 Å². The fourth-order valence-corrected chi connectivity index (χ4v) is 1.30. The van der Waals surface area contributed by atoms with Crippen LogP contribution in [0.15, 0.2) is 12.1 Å². The number of ether oxygens (including phenoxy) is 1. The molecule has 0 bridgehead atoms. The summed E-state index contributed by atoms with van der Waals surface area (Å²) >= 11 is 5.42. The molecule has 94 valence electrons. The Kier molecular flexibility index (Phi) is 5.15. The Bertz CT molecular complexity index is 389. The maximum Gasteiger partial charge on any atom is 0.411 e. The minimum absolute atomic E-state index is 0.0513. The molecular weight excluding hydrogens is 252 g/mol. The molecule has 0 fully saturated rings. The Morgan fingerprint density at radius 1 is 1.47 bits per heavy atom. The molecule has 1 N–H and O–H groups in total. The summed E-state index contributed by atoms with van der Waals surface area (Å²) in [6, 6.07) is 1.95. The predicted octanol–water partition coefficient (Wildman–Crippen LogP) is 3.97. The smallest absolute Gasteiger partial charge is 0.411 e. The third-order valence-corrected chi connectivity index (χ3v) is 2.24. The first-order valence-corrected chi connectivity index (χ1v) is 5.50. The van der Waals surface area contributed by atoms with E-state index >= 15 is 0 Å². The van der Waals surface area contributed by atoms with Crippen molar-refractivity contribution in [3.63, 3.8) is 0 Å². The topological polar surface area (TPSA) is 38.3 Å². The molecule has 0 radical (unpaired) electrons. The Morgan fingerprint density at radius 2 is 2.18 bits per heavy atom. The summed E-state index contributed by atoms with van der Waals surface area (Å²) in [6.45, 7) is 2.23. The largest absolute Gasteiger partial charge is 0.449 e. The monoisotopic (exact) mass is 263 g/mol. The third-order valence-electron chi connectivity index (χ3n) is 1.96. The zero-order chi connectivity index (χ0) is 12.8. The van der Waals surface area contributed by atoms with Crippen molar-refractivity contribution < 1.29 is 18.3 Å². The number of hydrogen-bond acceptors (Lipinski definition) is 2. The molecule has 0 aromatic heterocycles. The van der Waals surface area contributed by atoms with Gasteiger partial charge in [-0.2, -0.15) is 0 Å². The van der Waals surface area contributed by atoms with Crippen molar-refractivity contribution in [1.29, 1.82) is 0 Å². The van der Waals surface area contributed by atoms with E-state index < -0.39 is 22.8 Å². The molecule has 0 atom stereocenters. The van der Waals surface area contributed by atoms with Gasteiger partial charge in [-0.05, 0) is 12.5 Å². The fraction of sp³-hybridized carbons (Fsp3) is 0.364. The van der Waals surface area contributed by atoms with Gasteiger partial charge in [0.05, 0.1) is 11.6 Å². The molecular formula is C11H12ClF2NO2. The number of carbonyl (C=O) groups excluding carboxylic acids is 1. The number of hydrogen-bond donors (Lipinski definition) is 1. The van der Waals surface area contributed by atoms with Crippen molar-refractivity contribution in [1.82, 2.24) is 0 Å². The average Bonchev–Trinajstić information content (AvgIpc) is 2.26. The summed E-state index contributed by atoms with van der Waals surface area (Å²) in [6.07, 6.45) is 0.913. The van der Waals surface area contributed by atoms with Crippen LogP contribution in [0.4, 0.5) is 19.3 Å². The lowest BCUT2D eigenvalue weighted by atomic mass is 10.3. The maximum absolute atomic E-state index is 12.9. The molecule has 1 aromatic rings. The predicted molar refractivity (Wildman–Crippen MR) is 61.2 cm³/mol. The van der Waals surface area contributed by atoms with Gasteiger partial charge in [-0.1, -0.05) is 24.9 Å². The highest BCUT2D eigenvalue weighted by Gasteiger charge is 2.11. The summed E-state index contributed by atoms with van der Waals surface area (Å²) in [5.41, 5.74) is 0.0513. The van der Waals surface area contributed by atoms with Gasteiger partial charge in [0.25, 0.3) is 0 Å². The van der Waals surface area contributed by atoms with E-state index in [9.17, 15) is 13.6 Å². The summed E-state index contributed by atoms with van der Waals surface area (Å²) in [4.78, 5) is 11.2. The Balaban J connectivity index is 2.60. The first kappa shape index (κ1) is 13.7. The maximum atomic E-state index is 12.9. The van der Waals surface area contributed by atoms with Gasteiger partial charge in [-0.15, -0.1) is 0 Å². The van der Waals surface area contributed by atoms with E-state index in [4.69, 9.17) is 16.3 Å². The second kappa shape index (κ2) is 6.39. The number of benzene rings is 1. The minimum atomic E-state index is -1.14. The number of unbranched alkanes of at least 4 members (excludes halogenated alkanes) is 1. The van der Waals surface area contributed by atoms with Gasteiger partial charge < -0.3 is 4.74 Å². The number of halogens is 3. The van der Waals surface area contributed by atoms with Gasteiger partial charge in [-0.3, -0.25) is 5.32 Å². The summed E-state index contributed by atoms with van der Waals surface area (Å²) in [5.74, 6) is -2.27. The molecule has 0 saturated heterocycles. The molecule has 0 unspecified atom stereocenters. The number of rotatable bonds is 4. The zero-order valence-corrected chi connectivity index (χ0v) is 9.98. The van der Waals surface area contributed by atoms with Crippen molar-refractivity contribution in [2.75, 3.05) is 11.9 Å². The van der Waals surface area contributed by atoms with Crippen LogP contribution in [0.2, 0.25) is 5.02 Å². The van der Waals surface area contributed by atoms with Gasteiger partial charge in [0.2, 0.25) is 0 Å². The molecule has 3 nitrogen and oxygen atoms in total. The zero-order valence-electron chi connectivity index (χ0n) is 9.23. The fourth-order valence-electron chi connectivity index (χ4n) is 1.09. The molecule has 0 aliphatic rings. The lowest BCUT2D eigenvalue weighted by Gasteiger charge is -2.07. The van der Waals surface area contributed by atoms with E-state index in [1.807, 2.05) is 6.92 Å². The van der Waals surface area contributed by atoms with Crippen molar-refractivity contribution in [3.8, 4) is 0 Å². The summed E-state index contributed by atoms with van der Waals surface area (Å²) < 4.78 is 30.6. The quantitative estimate of drug-likeness (QED) is 0.659. The molecule has 17 heavy (non-hydrogen) atoms. The van der Waals surface area contributed by atoms with E-state index in [2.05, 4.69) is 5.32 Å². The minimum Gasteiger partial charge on any atom is -0.449 e. The van der Waals surface area contributed by atoms with Crippen LogP contribution in [0, 0.1) is 11.6 Å². The standard InChI is InChI=1S/C11H12ClF2NO2/c1-2-3-4-17-11(16)15-7-5-8(12)10(14)9(13)6-7/h5-6H,2-4H2,1H3,(H,15,16). The molecule has 1 aromatic carbocycles. The van der Waals surface area contributed by atoms with Gasteiger partial charge in [0.1, 0.15) is 0 Å². The first-order valence-electron chi connectivity index (χ1n) is 5.13. The van der Waals surface area contributed by atoms with Crippen molar-refractivity contribution >= 4 is 23.4 Å². The normalized spacial score (nSPS) is 10.1. The molecule has 0 saturated carbocycles. The highest BCUT2D eigenvalue weighted by atomic mass is 35.5.